The molecule has 21 heavy (non-hydrogen) atoms. The molecule has 2 aromatic rings. The predicted octanol–water partition coefficient (Wildman–Crippen LogP) is 3.34. The van der Waals surface area contributed by atoms with Crippen molar-refractivity contribution in [3.63, 3.8) is 0 Å². The van der Waals surface area contributed by atoms with Gasteiger partial charge in [-0.25, -0.2) is 4.79 Å². The number of para-hydroxylation sites is 1. The third-order valence-electron chi connectivity index (χ3n) is 2.62. The fourth-order valence-electron chi connectivity index (χ4n) is 1.77. The summed E-state index contributed by atoms with van der Waals surface area (Å²) >= 11 is 0. The van der Waals surface area contributed by atoms with Crippen molar-refractivity contribution >= 4 is 5.97 Å². The van der Waals surface area contributed by atoms with Gasteiger partial charge in [-0.2, -0.15) is 0 Å². The van der Waals surface area contributed by atoms with Gasteiger partial charge in [0.15, 0.2) is 0 Å². The highest BCUT2D eigenvalue weighted by molar-refractivity contribution is 5.97. The number of methoxy groups -OCH3 is 1. The predicted molar refractivity (Wildman–Crippen MR) is 64.7 cm³/mol. The maximum atomic E-state index is 12.4. The van der Waals surface area contributed by atoms with Gasteiger partial charge < -0.3 is 14.0 Å². The number of ether oxygens (including phenoxy) is 2. The normalized spacial score (nSPS) is 11.3. The van der Waals surface area contributed by atoms with Crippen molar-refractivity contribution < 1.29 is 32.0 Å². The third-order valence-corrected chi connectivity index (χ3v) is 2.62. The first-order valence-corrected chi connectivity index (χ1v) is 5.73. The van der Waals surface area contributed by atoms with Crippen molar-refractivity contribution in [1.29, 1.82) is 0 Å². The van der Waals surface area contributed by atoms with E-state index < -0.39 is 18.1 Å². The Bertz CT molecular complexity index is 664. The molecule has 0 aliphatic carbocycles. The van der Waals surface area contributed by atoms with Crippen LogP contribution in [0.3, 0.4) is 0 Å². The molecule has 0 saturated carbocycles. The molecule has 0 aliphatic heterocycles. The minimum Gasteiger partial charge on any atom is -0.465 e. The van der Waals surface area contributed by atoms with Crippen molar-refractivity contribution in [3.05, 3.63) is 35.6 Å². The summed E-state index contributed by atoms with van der Waals surface area (Å²) in [6.07, 6.45) is -4.86. The summed E-state index contributed by atoms with van der Waals surface area (Å²) in [5.41, 5.74) is -0.137. The number of esters is 1. The van der Waals surface area contributed by atoms with Gasteiger partial charge in [0.05, 0.1) is 7.11 Å². The Morgan fingerprint density at radius 3 is 2.57 bits per heavy atom. The van der Waals surface area contributed by atoms with E-state index in [1.807, 2.05) is 0 Å². The molecule has 112 valence electrons. The second-order valence-electron chi connectivity index (χ2n) is 4.00. The molecule has 2 rings (SSSR count). The minimum atomic E-state index is -4.86. The molecule has 8 heteroatoms. The average molecular weight is 301 g/mol. The summed E-state index contributed by atoms with van der Waals surface area (Å²) in [5, 5.41) is 3.62. The molecule has 1 aromatic carbocycles. The molecule has 0 unspecified atom stereocenters. The summed E-state index contributed by atoms with van der Waals surface area (Å²) < 4.78 is 50.6. The summed E-state index contributed by atoms with van der Waals surface area (Å²) in [5.74, 6) is -1.10. The van der Waals surface area contributed by atoms with Crippen LogP contribution in [0.1, 0.15) is 16.1 Å². The number of rotatable bonds is 3. The van der Waals surface area contributed by atoms with Gasteiger partial charge in [-0.3, -0.25) is 0 Å². The fourth-order valence-corrected chi connectivity index (χ4v) is 1.77. The third kappa shape index (κ3) is 3.15. The van der Waals surface area contributed by atoms with Crippen molar-refractivity contribution in [2.45, 2.75) is 13.3 Å². The number of carbonyl (C=O) groups is 1. The Morgan fingerprint density at radius 1 is 1.29 bits per heavy atom. The van der Waals surface area contributed by atoms with Crippen LogP contribution in [0, 0.1) is 6.92 Å². The fraction of sp³-hybridized carbons (Fsp3) is 0.231. The molecule has 0 radical (unpaired) electrons. The number of halogens is 3. The van der Waals surface area contributed by atoms with Crippen LogP contribution in [0.4, 0.5) is 13.2 Å². The van der Waals surface area contributed by atoms with E-state index in [0.717, 1.165) is 13.2 Å². The Morgan fingerprint density at radius 2 is 1.95 bits per heavy atom. The quantitative estimate of drug-likeness (QED) is 0.814. The summed E-state index contributed by atoms with van der Waals surface area (Å²) in [6.45, 7) is 1.45. The van der Waals surface area contributed by atoms with E-state index in [-0.39, 0.29) is 22.6 Å². The highest BCUT2D eigenvalue weighted by Crippen LogP contribution is 2.35. The number of hydrogen-bond acceptors (Lipinski definition) is 5. The van der Waals surface area contributed by atoms with Crippen molar-refractivity contribution in [1.82, 2.24) is 5.16 Å². The van der Waals surface area contributed by atoms with Gasteiger partial charge in [0.25, 0.3) is 0 Å². The van der Waals surface area contributed by atoms with Gasteiger partial charge in [-0.1, -0.05) is 17.3 Å². The van der Waals surface area contributed by atoms with Crippen LogP contribution in [0.15, 0.2) is 28.8 Å². The van der Waals surface area contributed by atoms with Crippen LogP contribution in [0.25, 0.3) is 11.3 Å². The average Bonchev–Trinajstić information content (AvgIpc) is 2.78. The van der Waals surface area contributed by atoms with E-state index in [9.17, 15) is 18.0 Å². The number of aryl methyl sites for hydroxylation is 1. The zero-order valence-corrected chi connectivity index (χ0v) is 11.0. The molecular formula is C13H10F3NO4. The van der Waals surface area contributed by atoms with Crippen LogP contribution >= 0.6 is 0 Å². The topological polar surface area (TPSA) is 61.6 Å². The van der Waals surface area contributed by atoms with Crippen molar-refractivity contribution in [3.8, 4) is 17.0 Å². The minimum absolute atomic E-state index is 0.0212. The van der Waals surface area contributed by atoms with E-state index >= 15 is 0 Å². The van der Waals surface area contributed by atoms with Crippen LogP contribution < -0.4 is 4.74 Å². The Kier molecular flexibility index (Phi) is 3.88. The standard InChI is InChI=1S/C13H10F3NO4/c1-7-10(12(18)19-2)11(17-21-7)8-5-3-4-6-9(8)20-13(14,15)16/h3-6H,1-2H3. The maximum Gasteiger partial charge on any atom is 0.573 e. The molecule has 1 heterocycles. The second kappa shape index (κ2) is 5.47. The highest BCUT2D eigenvalue weighted by atomic mass is 19.4. The maximum absolute atomic E-state index is 12.4. The smallest absolute Gasteiger partial charge is 0.465 e. The van der Waals surface area contributed by atoms with Crippen molar-refractivity contribution in [2.75, 3.05) is 7.11 Å². The number of alkyl halides is 3. The number of benzene rings is 1. The second-order valence-corrected chi connectivity index (χ2v) is 4.00. The molecule has 1 aromatic heterocycles. The molecule has 0 atom stereocenters. The number of hydrogen-bond donors (Lipinski definition) is 0. The Balaban J connectivity index is 2.56. The zero-order chi connectivity index (χ0) is 15.6. The lowest BCUT2D eigenvalue weighted by atomic mass is 10.1. The Labute approximate surface area is 117 Å². The molecule has 0 saturated heterocycles. The lowest BCUT2D eigenvalue weighted by Gasteiger charge is -2.12. The first-order chi connectivity index (χ1) is 9.83. The molecule has 0 bridgehead atoms. The largest absolute Gasteiger partial charge is 0.573 e. The SMILES string of the molecule is COC(=O)c1c(-c2ccccc2OC(F)(F)F)noc1C. The molecule has 5 nitrogen and oxygen atoms in total. The molecule has 0 amide bonds. The summed E-state index contributed by atoms with van der Waals surface area (Å²) in [4.78, 5) is 11.7. The first kappa shape index (κ1) is 14.9. The summed E-state index contributed by atoms with van der Waals surface area (Å²) in [7, 11) is 1.15. The van der Waals surface area contributed by atoms with Gasteiger partial charge in [0.1, 0.15) is 22.8 Å². The molecule has 0 N–H and O–H groups in total. The van der Waals surface area contributed by atoms with Gasteiger partial charge in [-0.05, 0) is 19.1 Å². The van der Waals surface area contributed by atoms with Crippen molar-refractivity contribution in [2.24, 2.45) is 0 Å². The number of carbonyl (C=O) groups excluding carboxylic acids is 1. The molecule has 0 fully saturated rings. The number of aromatic nitrogens is 1. The van der Waals surface area contributed by atoms with Gasteiger partial charge in [0, 0.05) is 5.56 Å². The van der Waals surface area contributed by atoms with Crippen LogP contribution in [0.5, 0.6) is 5.75 Å². The zero-order valence-electron chi connectivity index (χ0n) is 11.0. The number of nitrogens with zero attached hydrogens (tertiary/aromatic N) is 1. The Hall–Kier alpha value is -2.51. The van der Waals surface area contributed by atoms with E-state index in [2.05, 4.69) is 14.6 Å². The lowest BCUT2D eigenvalue weighted by molar-refractivity contribution is -0.274. The van der Waals surface area contributed by atoms with Crippen LogP contribution in [0.2, 0.25) is 0 Å². The monoisotopic (exact) mass is 301 g/mol. The van der Waals surface area contributed by atoms with Gasteiger partial charge in [-0.15, -0.1) is 13.2 Å². The van der Waals surface area contributed by atoms with Crippen LogP contribution in [-0.4, -0.2) is 24.6 Å². The van der Waals surface area contributed by atoms with E-state index in [1.54, 1.807) is 0 Å². The van der Waals surface area contributed by atoms with E-state index in [1.165, 1.54) is 25.1 Å². The van der Waals surface area contributed by atoms with Gasteiger partial charge in [0.2, 0.25) is 0 Å². The van der Waals surface area contributed by atoms with Crippen LogP contribution in [-0.2, 0) is 4.74 Å². The lowest BCUT2D eigenvalue weighted by Crippen LogP contribution is -2.17. The molecule has 0 spiro atoms. The first-order valence-electron chi connectivity index (χ1n) is 5.73. The molecule has 0 aliphatic rings. The highest BCUT2D eigenvalue weighted by Gasteiger charge is 2.33. The van der Waals surface area contributed by atoms with E-state index in [4.69, 9.17) is 4.52 Å². The van der Waals surface area contributed by atoms with Gasteiger partial charge >= 0.3 is 12.3 Å². The summed E-state index contributed by atoms with van der Waals surface area (Å²) in [6, 6.07) is 5.32. The molecular weight excluding hydrogens is 291 g/mol. The van der Waals surface area contributed by atoms with E-state index in [0.29, 0.717) is 0 Å².